The Labute approximate surface area is 105 Å². The standard InChI is InChI=1S/C12H16N2O4/c1-3-18-12(16)14-13-11(15)8-9-6-4-5-7-10(9)17-2/h4-7H,3,8H2,1-2H3,(H,13,15)(H,14,16). The Balaban J connectivity index is 2.47. The van der Waals surface area contributed by atoms with Gasteiger partial charge in [0.2, 0.25) is 5.91 Å². The molecule has 18 heavy (non-hydrogen) atoms. The normalized spacial score (nSPS) is 9.44. The first kappa shape index (κ1) is 13.8. The van der Waals surface area contributed by atoms with Crippen LogP contribution in [0.2, 0.25) is 0 Å². The molecule has 0 bridgehead atoms. The fourth-order valence-corrected chi connectivity index (χ4v) is 1.35. The fourth-order valence-electron chi connectivity index (χ4n) is 1.35. The molecule has 0 aliphatic rings. The molecule has 0 atom stereocenters. The number of benzene rings is 1. The van der Waals surface area contributed by atoms with E-state index in [2.05, 4.69) is 15.6 Å². The highest BCUT2D eigenvalue weighted by atomic mass is 16.6. The lowest BCUT2D eigenvalue weighted by atomic mass is 10.1. The van der Waals surface area contributed by atoms with Crippen LogP contribution in [0.3, 0.4) is 0 Å². The Morgan fingerprint density at radius 2 is 1.94 bits per heavy atom. The lowest BCUT2D eigenvalue weighted by Crippen LogP contribution is -2.42. The predicted molar refractivity (Wildman–Crippen MR) is 65.0 cm³/mol. The quantitative estimate of drug-likeness (QED) is 0.784. The van der Waals surface area contributed by atoms with Crippen molar-refractivity contribution < 1.29 is 19.1 Å². The highest BCUT2D eigenvalue weighted by molar-refractivity contribution is 5.81. The van der Waals surface area contributed by atoms with Gasteiger partial charge in [0.15, 0.2) is 0 Å². The van der Waals surface area contributed by atoms with E-state index in [1.54, 1.807) is 19.1 Å². The highest BCUT2D eigenvalue weighted by Gasteiger charge is 2.09. The van der Waals surface area contributed by atoms with E-state index in [-0.39, 0.29) is 18.9 Å². The van der Waals surface area contributed by atoms with Crippen LogP contribution in [0, 0.1) is 0 Å². The number of para-hydroxylation sites is 1. The molecule has 2 N–H and O–H groups in total. The maximum Gasteiger partial charge on any atom is 0.426 e. The molecule has 0 saturated carbocycles. The van der Waals surface area contributed by atoms with Gasteiger partial charge in [-0.25, -0.2) is 10.2 Å². The molecule has 0 saturated heterocycles. The molecule has 0 aliphatic carbocycles. The summed E-state index contributed by atoms with van der Waals surface area (Å²) in [6, 6.07) is 7.17. The molecular weight excluding hydrogens is 236 g/mol. The first-order chi connectivity index (χ1) is 8.67. The van der Waals surface area contributed by atoms with Gasteiger partial charge >= 0.3 is 6.09 Å². The number of hydrogen-bond acceptors (Lipinski definition) is 4. The summed E-state index contributed by atoms with van der Waals surface area (Å²) in [6.45, 7) is 1.92. The number of amides is 2. The molecule has 98 valence electrons. The van der Waals surface area contributed by atoms with Gasteiger partial charge in [0, 0.05) is 5.56 Å². The van der Waals surface area contributed by atoms with Crippen LogP contribution in [-0.4, -0.2) is 25.7 Å². The summed E-state index contributed by atoms with van der Waals surface area (Å²) in [4.78, 5) is 22.5. The highest BCUT2D eigenvalue weighted by Crippen LogP contribution is 2.17. The van der Waals surface area contributed by atoms with Gasteiger partial charge in [-0.3, -0.25) is 10.2 Å². The largest absolute Gasteiger partial charge is 0.496 e. The molecule has 1 aromatic rings. The van der Waals surface area contributed by atoms with Crippen molar-refractivity contribution >= 4 is 12.0 Å². The van der Waals surface area contributed by atoms with Crippen LogP contribution in [0.5, 0.6) is 5.75 Å². The van der Waals surface area contributed by atoms with Crippen molar-refractivity contribution in [2.45, 2.75) is 13.3 Å². The Morgan fingerprint density at radius 1 is 1.22 bits per heavy atom. The van der Waals surface area contributed by atoms with Crippen LogP contribution in [0.4, 0.5) is 4.79 Å². The van der Waals surface area contributed by atoms with E-state index in [0.717, 1.165) is 5.56 Å². The van der Waals surface area contributed by atoms with E-state index >= 15 is 0 Å². The Kier molecular flexibility index (Phi) is 5.50. The van der Waals surface area contributed by atoms with Crippen LogP contribution in [0.1, 0.15) is 12.5 Å². The van der Waals surface area contributed by atoms with Gasteiger partial charge < -0.3 is 9.47 Å². The fraction of sp³-hybridized carbons (Fsp3) is 0.333. The van der Waals surface area contributed by atoms with Gasteiger partial charge in [-0.05, 0) is 13.0 Å². The van der Waals surface area contributed by atoms with E-state index in [1.165, 1.54) is 7.11 Å². The number of methoxy groups -OCH3 is 1. The minimum absolute atomic E-state index is 0.108. The number of rotatable bonds is 4. The predicted octanol–water partition coefficient (Wildman–Crippen LogP) is 1.01. The lowest BCUT2D eigenvalue weighted by Gasteiger charge is -2.09. The van der Waals surface area contributed by atoms with Crippen molar-refractivity contribution in [3.63, 3.8) is 0 Å². The number of ether oxygens (including phenoxy) is 2. The topological polar surface area (TPSA) is 76.7 Å². The summed E-state index contributed by atoms with van der Waals surface area (Å²) in [5.41, 5.74) is 5.13. The first-order valence-corrected chi connectivity index (χ1v) is 5.50. The van der Waals surface area contributed by atoms with Gasteiger partial charge in [0.1, 0.15) is 5.75 Å². The summed E-state index contributed by atoms with van der Waals surface area (Å²) in [5, 5.41) is 0. The molecule has 6 nitrogen and oxygen atoms in total. The first-order valence-electron chi connectivity index (χ1n) is 5.50. The zero-order chi connectivity index (χ0) is 13.4. The molecular formula is C12H16N2O4. The van der Waals surface area contributed by atoms with Gasteiger partial charge in [-0.2, -0.15) is 0 Å². The van der Waals surface area contributed by atoms with Crippen LogP contribution in [0.15, 0.2) is 24.3 Å². The second-order valence-electron chi connectivity index (χ2n) is 3.38. The molecule has 0 fully saturated rings. The third-order valence-electron chi connectivity index (χ3n) is 2.12. The lowest BCUT2D eigenvalue weighted by molar-refractivity contribution is -0.121. The minimum Gasteiger partial charge on any atom is -0.496 e. The summed E-state index contributed by atoms with van der Waals surface area (Å²) < 4.78 is 9.72. The van der Waals surface area contributed by atoms with E-state index in [1.807, 2.05) is 12.1 Å². The summed E-state index contributed by atoms with van der Waals surface area (Å²) in [5.74, 6) is 0.274. The molecule has 0 aromatic heterocycles. The molecule has 0 unspecified atom stereocenters. The van der Waals surface area contributed by atoms with E-state index in [9.17, 15) is 9.59 Å². The average molecular weight is 252 g/mol. The number of nitrogens with one attached hydrogen (secondary N) is 2. The van der Waals surface area contributed by atoms with Crippen molar-refractivity contribution in [1.29, 1.82) is 0 Å². The van der Waals surface area contributed by atoms with Crippen LogP contribution < -0.4 is 15.6 Å². The number of hydrazine groups is 1. The Hall–Kier alpha value is -2.24. The number of carbonyl (C=O) groups is 2. The molecule has 1 rings (SSSR count). The summed E-state index contributed by atoms with van der Waals surface area (Å²) in [7, 11) is 1.54. The third-order valence-corrected chi connectivity index (χ3v) is 2.12. The van der Waals surface area contributed by atoms with E-state index in [0.29, 0.717) is 5.75 Å². The molecule has 6 heteroatoms. The molecule has 1 aromatic carbocycles. The van der Waals surface area contributed by atoms with Gasteiger partial charge in [-0.15, -0.1) is 0 Å². The molecule has 0 aliphatic heterocycles. The Morgan fingerprint density at radius 3 is 2.61 bits per heavy atom. The van der Waals surface area contributed by atoms with E-state index in [4.69, 9.17) is 4.74 Å². The summed E-state index contributed by atoms with van der Waals surface area (Å²) in [6.07, 6.45) is -0.581. The van der Waals surface area contributed by atoms with Crippen molar-refractivity contribution in [3.8, 4) is 5.75 Å². The van der Waals surface area contributed by atoms with Crippen LogP contribution >= 0.6 is 0 Å². The van der Waals surface area contributed by atoms with Crippen LogP contribution in [0.25, 0.3) is 0 Å². The third kappa shape index (κ3) is 4.32. The summed E-state index contributed by atoms with van der Waals surface area (Å²) >= 11 is 0. The minimum atomic E-state index is -0.689. The SMILES string of the molecule is CCOC(=O)NNC(=O)Cc1ccccc1OC. The maximum atomic E-state index is 11.6. The smallest absolute Gasteiger partial charge is 0.426 e. The van der Waals surface area contributed by atoms with Gasteiger partial charge in [0.05, 0.1) is 20.1 Å². The second kappa shape index (κ2) is 7.16. The van der Waals surface area contributed by atoms with Gasteiger partial charge in [-0.1, -0.05) is 18.2 Å². The van der Waals surface area contributed by atoms with Crippen molar-refractivity contribution in [2.75, 3.05) is 13.7 Å². The van der Waals surface area contributed by atoms with Crippen molar-refractivity contribution in [1.82, 2.24) is 10.9 Å². The van der Waals surface area contributed by atoms with Crippen LogP contribution in [-0.2, 0) is 16.0 Å². The number of hydrogen-bond donors (Lipinski definition) is 2. The Bertz CT molecular complexity index is 420. The van der Waals surface area contributed by atoms with Gasteiger partial charge in [0.25, 0.3) is 0 Å². The second-order valence-corrected chi connectivity index (χ2v) is 3.38. The average Bonchev–Trinajstić information content (AvgIpc) is 2.37. The maximum absolute atomic E-state index is 11.6. The van der Waals surface area contributed by atoms with E-state index < -0.39 is 6.09 Å². The zero-order valence-electron chi connectivity index (χ0n) is 10.4. The zero-order valence-corrected chi connectivity index (χ0v) is 10.4. The molecule has 0 spiro atoms. The van der Waals surface area contributed by atoms with Crippen molar-refractivity contribution in [2.24, 2.45) is 0 Å². The molecule has 0 radical (unpaired) electrons. The molecule has 0 heterocycles. The monoisotopic (exact) mass is 252 g/mol. The molecule has 2 amide bonds. The van der Waals surface area contributed by atoms with Crippen molar-refractivity contribution in [3.05, 3.63) is 29.8 Å². The number of carbonyl (C=O) groups excluding carboxylic acids is 2.